The number of methoxy groups -OCH3 is 2. The summed E-state index contributed by atoms with van der Waals surface area (Å²) in [6.45, 7) is 3.87. The number of carbonyl (C=O) groups excluding carboxylic acids is 2. The summed E-state index contributed by atoms with van der Waals surface area (Å²) < 4.78 is 16.2. The molecule has 1 aromatic rings. The third-order valence-electron chi connectivity index (χ3n) is 6.61. The van der Waals surface area contributed by atoms with E-state index in [1.165, 1.54) is 13.2 Å². The molecule has 0 radical (unpaired) electrons. The number of amides is 1. The Hall–Kier alpha value is -2.03. The molecule has 3 rings (SSSR count). The number of hydrogen-bond acceptors (Lipinski definition) is 7. The first-order valence-electron chi connectivity index (χ1n) is 11.2. The average Bonchev–Trinajstić information content (AvgIpc) is 2.81. The van der Waals surface area contributed by atoms with Crippen LogP contribution in [0.15, 0.2) is 12.1 Å². The summed E-state index contributed by atoms with van der Waals surface area (Å²) in [5, 5.41) is 3.40. The summed E-state index contributed by atoms with van der Waals surface area (Å²) in [7, 11) is 3.16. The van der Waals surface area contributed by atoms with Crippen LogP contribution in [-0.4, -0.2) is 68.9 Å². The highest BCUT2D eigenvalue weighted by atomic mass is 35.5. The number of hydrogen-bond donors (Lipinski definition) is 2. The number of nitrogens with one attached hydrogen (secondary N) is 1. The molecule has 2 unspecified atom stereocenters. The maximum Gasteiger partial charge on any atom is 0.308 e. The number of nitrogens with zero attached hydrogens (tertiary/aromatic N) is 1. The molecular formula is C23H34ClN3O5. The Morgan fingerprint density at radius 3 is 2.53 bits per heavy atom. The summed E-state index contributed by atoms with van der Waals surface area (Å²) in [5.74, 6) is 0.0664. The number of esters is 1. The molecule has 2 fully saturated rings. The van der Waals surface area contributed by atoms with Gasteiger partial charge in [-0.3, -0.25) is 14.5 Å². The predicted molar refractivity (Wildman–Crippen MR) is 123 cm³/mol. The van der Waals surface area contributed by atoms with Crippen molar-refractivity contribution in [3.05, 3.63) is 22.7 Å². The van der Waals surface area contributed by atoms with Gasteiger partial charge in [0.25, 0.3) is 5.91 Å². The van der Waals surface area contributed by atoms with Crippen LogP contribution in [0, 0.1) is 5.92 Å². The summed E-state index contributed by atoms with van der Waals surface area (Å²) in [4.78, 5) is 27.4. The van der Waals surface area contributed by atoms with Crippen molar-refractivity contribution in [1.82, 2.24) is 10.2 Å². The maximum atomic E-state index is 13.0. The number of rotatable bonds is 7. The van der Waals surface area contributed by atoms with E-state index >= 15 is 0 Å². The topological polar surface area (TPSA) is 103 Å². The largest absolute Gasteiger partial charge is 0.496 e. The minimum atomic E-state index is -0.265. The molecule has 1 aliphatic carbocycles. The number of likely N-dealkylation sites (tertiary alicyclic amines) is 1. The predicted octanol–water partition coefficient (Wildman–Crippen LogP) is 2.87. The number of benzene rings is 1. The lowest BCUT2D eigenvalue weighted by atomic mass is 9.84. The fourth-order valence-electron chi connectivity index (χ4n) is 4.77. The first kappa shape index (κ1) is 24.6. The van der Waals surface area contributed by atoms with Crippen molar-refractivity contribution in [3.63, 3.8) is 0 Å². The van der Waals surface area contributed by atoms with Crippen LogP contribution in [0.4, 0.5) is 5.69 Å². The quantitative estimate of drug-likeness (QED) is 0.469. The minimum absolute atomic E-state index is 0.0166. The van der Waals surface area contributed by atoms with Gasteiger partial charge in [-0.25, -0.2) is 0 Å². The Balaban J connectivity index is 1.58. The molecule has 1 heterocycles. The van der Waals surface area contributed by atoms with Gasteiger partial charge in [0.2, 0.25) is 0 Å². The van der Waals surface area contributed by atoms with Gasteiger partial charge in [0.1, 0.15) is 5.75 Å². The third kappa shape index (κ3) is 5.66. The SMILES string of the molecule is CCOC(=O)[C@H]1CC[C@@H](N2CCC(NC(=O)c3cc(Cl)c(N)cc3OC)C(OC)C2)CC1. The molecule has 2 aliphatic rings. The van der Waals surface area contributed by atoms with Gasteiger partial charge in [-0.15, -0.1) is 0 Å². The van der Waals surface area contributed by atoms with Crippen LogP contribution in [0.3, 0.4) is 0 Å². The van der Waals surface area contributed by atoms with Crippen LogP contribution in [0.1, 0.15) is 49.4 Å². The van der Waals surface area contributed by atoms with E-state index in [0.29, 0.717) is 34.7 Å². The zero-order valence-electron chi connectivity index (χ0n) is 19.1. The van der Waals surface area contributed by atoms with Gasteiger partial charge in [-0.05, 0) is 45.1 Å². The molecule has 1 saturated heterocycles. The van der Waals surface area contributed by atoms with E-state index in [1.54, 1.807) is 13.2 Å². The molecule has 9 heteroatoms. The lowest BCUT2D eigenvalue weighted by molar-refractivity contribution is -0.149. The van der Waals surface area contributed by atoms with Crippen LogP contribution < -0.4 is 15.8 Å². The monoisotopic (exact) mass is 467 g/mol. The molecular weight excluding hydrogens is 434 g/mol. The van der Waals surface area contributed by atoms with Gasteiger partial charge in [-0.1, -0.05) is 11.6 Å². The summed E-state index contributed by atoms with van der Waals surface area (Å²) in [6, 6.07) is 3.39. The summed E-state index contributed by atoms with van der Waals surface area (Å²) in [6.07, 6.45) is 4.29. The smallest absolute Gasteiger partial charge is 0.308 e. The Bertz CT molecular complexity index is 813. The van der Waals surface area contributed by atoms with E-state index in [-0.39, 0.29) is 29.9 Å². The molecule has 1 saturated carbocycles. The molecule has 8 nitrogen and oxygen atoms in total. The lowest BCUT2D eigenvalue weighted by Gasteiger charge is -2.43. The highest BCUT2D eigenvalue weighted by Gasteiger charge is 2.36. The number of carbonyl (C=O) groups is 2. The van der Waals surface area contributed by atoms with Crippen LogP contribution in [0.5, 0.6) is 5.75 Å². The molecule has 0 aromatic heterocycles. The number of anilines is 1. The second-order valence-electron chi connectivity index (χ2n) is 8.47. The number of nitrogens with two attached hydrogens (primary N) is 1. The zero-order chi connectivity index (χ0) is 23.3. The molecule has 32 heavy (non-hydrogen) atoms. The van der Waals surface area contributed by atoms with E-state index in [9.17, 15) is 9.59 Å². The molecule has 178 valence electrons. The summed E-state index contributed by atoms with van der Waals surface area (Å²) in [5.41, 5.74) is 6.53. The van der Waals surface area contributed by atoms with Gasteiger partial charge in [0.05, 0.1) is 48.1 Å². The van der Waals surface area contributed by atoms with Crippen molar-refractivity contribution in [3.8, 4) is 5.75 Å². The van der Waals surface area contributed by atoms with Crippen molar-refractivity contribution >= 4 is 29.2 Å². The second-order valence-corrected chi connectivity index (χ2v) is 8.88. The highest BCUT2D eigenvalue weighted by Crippen LogP contribution is 2.32. The molecule has 2 atom stereocenters. The Kier molecular flexibility index (Phi) is 8.62. The fraction of sp³-hybridized carbons (Fsp3) is 0.652. The van der Waals surface area contributed by atoms with E-state index in [4.69, 9.17) is 31.5 Å². The molecule has 0 bridgehead atoms. The van der Waals surface area contributed by atoms with Crippen LogP contribution in [0.2, 0.25) is 5.02 Å². The molecule has 0 spiro atoms. The third-order valence-corrected chi connectivity index (χ3v) is 6.93. The molecule has 1 amide bonds. The Morgan fingerprint density at radius 1 is 1.19 bits per heavy atom. The van der Waals surface area contributed by atoms with Gasteiger partial charge < -0.3 is 25.3 Å². The van der Waals surface area contributed by atoms with E-state index in [1.807, 2.05) is 6.92 Å². The molecule has 1 aliphatic heterocycles. The van der Waals surface area contributed by atoms with Gasteiger partial charge in [0.15, 0.2) is 0 Å². The lowest BCUT2D eigenvalue weighted by Crippen LogP contribution is -2.57. The van der Waals surface area contributed by atoms with Crippen molar-refractivity contribution in [2.75, 3.05) is 39.6 Å². The normalized spacial score (nSPS) is 26.4. The van der Waals surface area contributed by atoms with Crippen molar-refractivity contribution < 1.29 is 23.8 Å². The number of piperidine rings is 1. The van der Waals surface area contributed by atoms with Crippen molar-refractivity contribution in [2.45, 2.75) is 57.2 Å². The van der Waals surface area contributed by atoms with Crippen LogP contribution >= 0.6 is 11.6 Å². The van der Waals surface area contributed by atoms with E-state index < -0.39 is 0 Å². The number of nitrogen functional groups attached to an aromatic ring is 1. The number of ether oxygens (including phenoxy) is 3. The Labute approximate surface area is 194 Å². The first-order valence-corrected chi connectivity index (χ1v) is 11.6. The van der Waals surface area contributed by atoms with E-state index in [2.05, 4.69) is 10.2 Å². The summed E-state index contributed by atoms with van der Waals surface area (Å²) >= 11 is 6.12. The maximum absolute atomic E-state index is 13.0. The molecule has 3 N–H and O–H groups in total. The second kappa shape index (κ2) is 11.2. The van der Waals surface area contributed by atoms with Crippen molar-refractivity contribution in [2.24, 2.45) is 5.92 Å². The van der Waals surface area contributed by atoms with Gasteiger partial charge in [-0.2, -0.15) is 0 Å². The van der Waals surface area contributed by atoms with Crippen LogP contribution in [-0.2, 0) is 14.3 Å². The molecule has 1 aromatic carbocycles. The van der Waals surface area contributed by atoms with Crippen LogP contribution in [0.25, 0.3) is 0 Å². The first-order chi connectivity index (χ1) is 15.4. The van der Waals surface area contributed by atoms with Crippen molar-refractivity contribution in [1.29, 1.82) is 0 Å². The minimum Gasteiger partial charge on any atom is -0.496 e. The Morgan fingerprint density at radius 2 is 1.91 bits per heavy atom. The number of halogens is 1. The zero-order valence-corrected chi connectivity index (χ0v) is 19.8. The average molecular weight is 468 g/mol. The fourth-order valence-corrected chi connectivity index (χ4v) is 4.94. The van der Waals surface area contributed by atoms with Gasteiger partial charge >= 0.3 is 5.97 Å². The van der Waals surface area contributed by atoms with E-state index in [0.717, 1.165) is 45.2 Å². The highest BCUT2D eigenvalue weighted by molar-refractivity contribution is 6.33. The van der Waals surface area contributed by atoms with Gasteiger partial charge in [0, 0.05) is 32.3 Å². The standard InChI is InChI=1S/C23H34ClN3O5/c1-4-32-23(29)14-5-7-15(8-6-14)27-10-9-19(21(13-27)31-3)26-22(28)16-11-17(24)18(25)12-20(16)30-2/h11-12,14-15,19,21H,4-10,13,25H2,1-3H3,(H,26,28)/t14-,15+,19?,21?.